The lowest BCUT2D eigenvalue weighted by Crippen LogP contribution is -2.31. The first kappa shape index (κ1) is 16.5. The highest BCUT2D eigenvalue weighted by atomic mass is 32.2. The quantitative estimate of drug-likeness (QED) is 0.769. The molecule has 6 heteroatoms. The molecule has 0 spiro atoms. The molecule has 0 fully saturated rings. The predicted molar refractivity (Wildman–Crippen MR) is 89.8 cm³/mol. The summed E-state index contributed by atoms with van der Waals surface area (Å²) in [5.74, 6) is 1.35. The van der Waals surface area contributed by atoms with E-state index in [0.717, 1.165) is 35.2 Å². The minimum atomic E-state index is 0.135. The molecule has 0 aliphatic rings. The molecule has 0 radical (unpaired) electrons. The normalized spacial score (nSPS) is 10.7. The number of amides is 1. The van der Waals surface area contributed by atoms with E-state index in [0.29, 0.717) is 5.75 Å². The molecule has 2 rings (SSSR count). The van der Waals surface area contributed by atoms with Crippen molar-refractivity contribution >= 4 is 17.7 Å². The summed E-state index contributed by atoms with van der Waals surface area (Å²) in [6, 6.07) is 8.09. The Balaban J connectivity index is 2.12. The molecule has 118 valence electrons. The maximum Gasteiger partial charge on any atom is 0.233 e. The third-order valence-corrected chi connectivity index (χ3v) is 4.67. The van der Waals surface area contributed by atoms with Crippen LogP contribution in [-0.2, 0) is 11.8 Å². The van der Waals surface area contributed by atoms with Crippen LogP contribution in [0.25, 0.3) is 11.4 Å². The molecule has 2 aromatic rings. The molecular formula is C16H22N4OS. The van der Waals surface area contributed by atoms with Crippen LogP contribution in [0.4, 0.5) is 0 Å². The molecule has 0 N–H and O–H groups in total. The molecule has 1 heterocycles. The number of carbonyl (C=O) groups excluding carboxylic acids is 1. The van der Waals surface area contributed by atoms with Crippen LogP contribution in [0, 0.1) is 6.92 Å². The minimum absolute atomic E-state index is 0.135. The van der Waals surface area contributed by atoms with Crippen LogP contribution in [-0.4, -0.2) is 44.4 Å². The largest absolute Gasteiger partial charge is 0.343 e. The molecule has 0 bridgehead atoms. The van der Waals surface area contributed by atoms with Gasteiger partial charge in [0.05, 0.1) is 5.75 Å². The molecule has 0 aliphatic carbocycles. The van der Waals surface area contributed by atoms with Gasteiger partial charge in [0.25, 0.3) is 0 Å². The van der Waals surface area contributed by atoms with Crippen molar-refractivity contribution < 1.29 is 4.79 Å². The van der Waals surface area contributed by atoms with Crippen LogP contribution in [0.5, 0.6) is 0 Å². The van der Waals surface area contributed by atoms with Gasteiger partial charge in [0.15, 0.2) is 11.0 Å². The molecule has 22 heavy (non-hydrogen) atoms. The third-order valence-electron chi connectivity index (χ3n) is 3.66. The highest BCUT2D eigenvalue weighted by Crippen LogP contribution is 2.25. The van der Waals surface area contributed by atoms with Crippen LogP contribution in [0.2, 0.25) is 0 Å². The fourth-order valence-corrected chi connectivity index (χ4v) is 3.11. The molecule has 5 nitrogen and oxygen atoms in total. The van der Waals surface area contributed by atoms with Gasteiger partial charge in [-0.2, -0.15) is 0 Å². The van der Waals surface area contributed by atoms with E-state index in [2.05, 4.69) is 23.2 Å². The standard InChI is InChI=1S/C16H22N4OS/c1-5-20(6-2)14(21)11-22-16-18-17-15(19(16)4)13-10-8-7-9-12(13)3/h7-10H,5-6,11H2,1-4H3. The Morgan fingerprint density at radius 2 is 1.91 bits per heavy atom. The minimum Gasteiger partial charge on any atom is -0.343 e. The zero-order valence-electron chi connectivity index (χ0n) is 13.5. The Bertz CT molecular complexity index is 649. The van der Waals surface area contributed by atoms with E-state index in [1.807, 2.05) is 48.6 Å². The summed E-state index contributed by atoms with van der Waals surface area (Å²) in [5.41, 5.74) is 2.23. The first-order valence-electron chi connectivity index (χ1n) is 7.44. The number of aryl methyl sites for hydroxylation is 1. The summed E-state index contributed by atoms with van der Waals surface area (Å²) in [6.07, 6.45) is 0. The number of rotatable bonds is 6. The first-order valence-corrected chi connectivity index (χ1v) is 8.43. The second-order valence-electron chi connectivity index (χ2n) is 5.03. The molecule has 0 unspecified atom stereocenters. The third kappa shape index (κ3) is 3.50. The molecule has 0 aliphatic heterocycles. The molecular weight excluding hydrogens is 296 g/mol. The number of hydrogen-bond acceptors (Lipinski definition) is 4. The van der Waals surface area contributed by atoms with Crippen molar-refractivity contribution in [2.24, 2.45) is 7.05 Å². The van der Waals surface area contributed by atoms with E-state index < -0.39 is 0 Å². The van der Waals surface area contributed by atoms with Gasteiger partial charge in [-0.15, -0.1) is 10.2 Å². The number of carbonyl (C=O) groups is 1. The molecule has 1 amide bonds. The van der Waals surface area contributed by atoms with Gasteiger partial charge in [-0.25, -0.2) is 0 Å². The van der Waals surface area contributed by atoms with Gasteiger partial charge < -0.3 is 9.47 Å². The summed E-state index contributed by atoms with van der Waals surface area (Å²) in [4.78, 5) is 13.9. The van der Waals surface area contributed by atoms with Gasteiger partial charge >= 0.3 is 0 Å². The van der Waals surface area contributed by atoms with E-state index in [1.54, 1.807) is 0 Å². The SMILES string of the molecule is CCN(CC)C(=O)CSc1nnc(-c2ccccc2C)n1C. The lowest BCUT2D eigenvalue weighted by atomic mass is 10.1. The smallest absolute Gasteiger partial charge is 0.233 e. The summed E-state index contributed by atoms with van der Waals surface area (Å²) < 4.78 is 1.95. The van der Waals surface area contributed by atoms with Crippen LogP contribution in [0.15, 0.2) is 29.4 Å². The number of nitrogens with zero attached hydrogens (tertiary/aromatic N) is 4. The van der Waals surface area contributed by atoms with Crippen LogP contribution in [0.1, 0.15) is 19.4 Å². The summed E-state index contributed by atoms with van der Waals surface area (Å²) in [5, 5.41) is 9.26. The van der Waals surface area contributed by atoms with Crippen molar-refractivity contribution in [2.75, 3.05) is 18.8 Å². The number of hydrogen-bond donors (Lipinski definition) is 0. The Kier molecular flexibility index (Phi) is 5.60. The van der Waals surface area contributed by atoms with Gasteiger partial charge in [0, 0.05) is 25.7 Å². The van der Waals surface area contributed by atoms with Crippen LogP contribution in [0.3, 0.4) is 0 Å². The Labute approximate surface area is 135 Å². The van der Waals surface area contributed by atoms with Gasteiger partial charge in [0.1, 0.15) is 0 Å². The van der Waals surface area contributed by atoms with Crippen molar-refractivity contribution in [2.45, 2.75) is 25.9 Å². The van der Waals surface area contributed by atoms with Gasteiger partial charge in [0.2, 0.25) is 5.91 Å². The summed E-state index contributed by atoms with van der Waals surface area (Å²) in [6.45, 7) is 7.52. The van der Waals surface area contributed by atoms with Crippen molar-refractivity contribution in [3.63, 3.8) is 0 Å². The second-order valence-corrected chi connectivity index (χ2v) is 5.98. The van der Waals surface area contributed by atoms with Crippen LogP contribution < -0.4 is 0 Å². The van der Waals surface area contributed by atoms with E-state index in [9.17, 15) is 4.79 Å². The Morgan fingerprint density at radius 3 is 2.55 bits per heavy atom. The van der Waals surface area contributed by atoms with Crippen molar-refractivity contribution in [1.29, 1.82) is 0 Å². The van der Waals surface area contributed by atoms with E-state index >= 15 is 0 Å². The molecule has 1 aromatic heterocycles. The van der Waals surface area contributed by atoms with Crippen molar-refractivity contribution in [1.82, 2.24) is 19.7 Å². The fraction of sp³-hybridized carbons (Fsp3) is 0.438. The maximum atomic E-state index is 12.1. The number of aromatic nitrogens is 3. The highest BCUT2D eigenvalue weighted by molar-refractivity contribution is 7.99. The molecule has 1 aromatic carbocycles. The van der Waals surface area contributed by atoms with Crippen LogP contribution >= 0.6 is 11.8 Å². The van der Waals surface area contributed by atoms with Gasteiger partial charge in [-0.1, -0.05) is 36.0 Å². The fourth-order valence-electron chi connectivity index (χ4n) is 2.29. The predicted octanol–water partition coefficient (Wildman–Crippen LogP) is 2.75. The summed E-state index contributed by atoms with van der Waals surface area (Å²) >= 11 is 1.43. The summed E-state index contributed by atoms with van der Waals surface area (Å²) in [7, 11) is 1.94. The van der Waals surface area contributed by atoms with Crippen molar-refractivity contribution in [3.05, 3.63) is 29.8 Å². The first-order chi connectivity index (χ1) is 10.6. The topological polar surface area (TPSA) is 51.0 Å². The van der Waals surface area contributed by atoms with Gasteiger partial charge in [-0.3, -0.25) is 4.79 Å². The molecule has 0 atom stereocenters. The monoisotopic (exact) mass is 318 g/mol. The van der Waals surface area contributed by atoms with E-state index in [1.165, 1.54) is 11.8 Å². The van der Waals surface area contributed by atoms with E-state index in [-0.39, 0.29) is 5.91 Å². The number of thioether (sulfide) groups is 1. The zero-order valence-corrected chi connectivity index (χ0v) is 14.4. The Morgan fingerprint density at radius 1 is 1.23 bits per heavy atom. The lowest BCUT2D eigenvalue weighted by molar-refractivity contribution is -0.127. The maximum absolute atomic E-state index is 12.1. The zero-order chi connectivity index (χ0) is 16.1. The van der Waals surface area contributed by atoms with Crippen molar-refractivity contribution in [3.8, 4) is 11.4 Å². The molecule has 0 saturated carbocycles. The number of benzene rings is 1. The highest BCUT2D eigenvalue weighted by Gasteiger charge is 2.15. The second kappa shape index (κ2) is 7.45. The average molecular weight is 318 g/mol. The Hall–Kier alpha value is -1.82. The van der Waals surface area contributed by atoms with Gasteiger partial charge in [-0.05, 0) is 26.3 Å². The lowest BCUT2D eigenvalue weighted by Gasteiger charge is -2.17. The average Bonchev–Trinajstić information content (AvgIpc) is 2.88. The van der Waals surface area contributed by atoms with E-state index in [4.69, 9.17) is 0 Å². The molecule has 0 saturated heterocycles.